The summed E-state index contributed by atoms with van der Waals surface area (Å²) in [6.45, 7) is 7.75. The van der Waals surface area contributed by atoms with E-state index in [-0.39, 0.29) is 17.3 Å². The molecule has 1 atom stereocenters. The Morgan fingerprint density at radius 2 is 1.60 bits per heavy atom. The fourth-order valence-corrected chi connectivity index (χ4v) is 5.62. The Labute approximate surface area is 238 Å². The summed E-state index contributed by atoms with van der Waals surface area (Å²) in [5.74, 6) is -0.251. The lowest BCUT2D eigenvalue weighted by Crippen LogP contribution is -2.51. The molecule has 0 fully saturated rings. The molecular weight excluding hydrogens is 526 g/mol. The van der Waals surface area contributed by atoms with Gasteiger partial charge in [0.05, 0.1) is 17.7 Å². The second kappa shape index (κ2) is 14.0. The normalized spacial score (nSPS) is 11.9. The van der Waals surface area contributed by atoms with E-state index in [1.807, 2.05) is 45.0 Å². The number of sulfonamides is 1. The van der Waals surface area contributed by atoms with E-state index < -0.39 is 28.5 Å². The number of benzene rings is 3. The largest absolute Gasteiger partial charge is 0.497 e. The van der Waals surface area contributed by atoms with Crippen LogP contribution in [0.1, 0.15) is 43.4 Å². The Morgan fingerprint density at radius 1 is 0.950 bits per heavy atom. The van der Waals surface area contributed by atoms with Crippen molar-refractivity contribution in [3.8, 4) is 5.75 Å². The average Bonchev–Trinajstić information content (AvgIpc) is 2.95. The van der Waals surface area contributed by atoms with Crippen molar-refractivity contribution in [2.24, 2.45) is 0 Å². The SMILES string of the molecule is CCCCNC(=O)[C@@H](C)N(Cc1ccccc1C)C(=O)CN(c1ccc(C)cc1)S(=O)(=O)c1ccc(OC)cc1. The summed E-state index contributed by atoms with van der Waals surface area (Å²) in [7, 11) is -2.63. The number of anilines is 1. The van der Waals surface area contributed by atoms with Crippen molar-refractivity contribution in [2.75, 3.05) is 24.5 Å². The van der Waals surface area contributed by atoms with Gasteiger partial charge in [0.1, 0.15) is 18.3 Å². The van der Waals surface area contributed by atoms with Crippen molar-refractivity contribution in [3.63, 3.8) is 0 Å². The molecule has 0 aliphatic rings. The number of carbonyl (C=O) groups is 2. The highest BCUT2D eigenvalue weighted by molar-refractivity contribution is 7.92. The number of ether oxygens (including phenoxy) is 1. The van der Waals surface area contributed by atoms with Crippen LogP contribution in [-0.2, 0) is 26.2 Å². The molecule has 0 saturated heterocycles. The van der Waals surface area contributed by atoms with Gasteiger partial charge in [0.25, 0.3) is 10.0 Å². The van der Waals surface area contributed by atoms with Crippen molar-refractivity contribution in [3.05, 3.63) is 89.5 Å². The summed E-state index contributed by atoms with van der Waals surface area (Å²) in [6, 6.07) is 19.8. The maximum absolute atomic E-state index is 14.0. The van der Waals surface area contributed by atoms with Gasteiger partial charge in [-0.3, -0.25) is 13.9 Å². The minimum Gasteiger partial charge on any atom is -0.497 e. The number of nitrogens with one attached hydrogen (secondary N) is 1. The van der Waals surface area contributed by atoms with Gasteiger partial charge in [-0.15, -0.1) is 0 Å². The first-order valence-corrected chi connectivity index (χ1v) is 14.9. The van der Waals surface area contributed by atoms with Crippen molar-refractivity contribution < 1.29 is 22.7 Å². The highest BCUT2D eigenvalue weighted by Crippen LogP contribution is 2.26. The molecule has 0 aliphatic carbocycles. The van der Waals surface area contributed by atoms with Crippen LogP contribution in [0, 0.1) is 13.8 Å². The third kappa shape index (κ3) is 7.63. The number of hydrogen-bond donors (Lipinski definition) is 1. The third-order valence-electron chi connectivity index (χ3n) is 6.85. The van der Waals surface area contributed by atoms with E-state index in [1.54, 1.807) is 43.3 Å². The number of rotatable bonds is 13. The second-order valence-electron chi connectivity index (χ2n) is 9.79. The van der Waals surface area contributed by atoms with Gasteiger partial charge in [0, 0.05) is 13.1 Å². The molecule has 1 N–H and O–H groups in total. The lowest BCUT2D eigenvalue weighted by atomic mass is 10.1. The van der Waals surface area contributed by atoms with Crippen LogP contribution in [0.2, 0.25) is 0 Å². The van der Waals surface area contributed by atoms with E-state index in [0.717, 1.165) is 33.8 Å². The summed E-state index contributed by atoms with van der Waals surface area (Å²) in [6.07, 6.45) is 1.75. The van der Waals surface area contributed by atoms with Crippen LogP contribution >= 0.6 is 0 Å². The first-order valence-electron chi connectivity index (χ1n) is 13.4. The zero-order chi connectivity index (χ0) is 29.3. The summed E-state index contributed by atoms with van der Waals surface area (Å²) < 4.78 is 34.1. The van der Waals surface area contributed by atoms with Crippen LogP contribution < -0.4 is 14.4 Å². The van der Waals surface area contributed by atoms with Gasteiger partial charge < -0.3 is 15.0 Å². The topological polar surface area (TPSA) is 96.0 Å². The molecule has 3 aromatic carbocycles. The average molecular weight is 566 g/mol. The summed E-state index contributed by atoms with van der Waals surface area (Å²) in [4.78, 5) is 28.5. The maximum Gasteiger partial charge on any atom is 0.264 e. The number of carbonyl (C=O) groups excluding carboxylic acids is 2. The molecule has 3 rings (SSSR count). The van der Waals surface area contributed by atoms with E-state index in [1.165, 1.54) is 24.1 Å². The minimum atomic E-state index is -4.14. The molecule has 0 aliphatic heterocycles. The number of amides is 2. The number of unbranched alkanes of at least 4 members (excludes halogenated alkanes) is 1. The van der Waals surface area contributed by atoms with Crippen LogP contribution in [0.3, 0.4) is 0 Å². The van der Waals surface area contributed by atoms with E-state index >= 15 is 0 Å². The zero-order valence-corrected chi connectivity index (χ0v) is 24.7. The van der Waals surface area contributed by atoms with Crippen molar-refractivity contribution in [1.82, 2.24) is 10.2 Å². The molecule has 2 amide bonds. The molecule has 0 saturated carbocycles. The molecule has 0 unspecified atom stereocenters. The molecule has 0 heterocycles. The first-order chi connectivity index (χ1) is 19.1. The smallest absolute Gasteiger partial charge is 0.264 e. The van der Waals surface area contributed by atoms with Gasteiger partial charge in [-0.25, -0.2) is 8.42 Å². The fourth-order valence-electron chi connectivity index (χ4n) is 4.20. The number of hydrogen-bond acceptors (Lipinski definition) is 5. The van der Waals surface area contributed by atoms with Crippen LogP contribution in [0.5, 0.6) is 5.75 Å². The minimum absolute atomic E-state index is 0.0254. The van der Waals surface area contributed by atoms with E-state index in [9.17, 15) is 18.0 Å². The standard InChI is InChI=1S/C31H39N3O5S/c1-6-7-20-32-31(36)25(4)33(21-26-11-9-8-10-24(26)3)30(35)22-34(27-14-12-23(2)13-15-27)40(37,38)29-18-16-28(39-5)17-19-29/h8-19,25H,6-7,20-22H2,1-5H3,(H,32,36)/t25-/m1/s1. The number of methoxy groups -OCH3 is 1. The molecule has 214 valence electrons. The van der Waals surface area contributed by atoms with Gasteiger partial charge in [-0.1, -0.05) is 55.3 Å². The second-order valence-corrected chi connectivity index (χ2v) is 11.7. The predicted molar refractivity (Wildman–Crippen MR) is 158 cm³/mol. The van der Waals surface area contributed by atoms with E-state index in [4.69, 9.17) is 4.74 Å². The zero-order valence-electron chi connectivity index (χ0n) is 23.9. The van der Waals surface area contributed by atoms with Crippen LogP contribution in [0.25, 0.3) is 0 Å². The van der Waals surface area contributed by atoms with Gasteiger partial charge in [-0.2, -0.15) is 0 Å². The maximum atomic E-state index is 14.0. The van der Waals surface area contributed by atoms with Gasteiger partial charge in [0.2, 0.25) is 11.8 Å². The van der Waals surface area contributed by atoms with Gasteiger partial charge >= 0.3 is 0 Å². The summed E-state index contributed by atoms with van der Waals surface area (Å²) >= 11 is 0. The Bertz CT molecular complexity index is 1390. The molecular formula is C31H39N3O5S. The van der Waals surface area contributed by atoms with Gasteiger partial charge in [-0.05, 0) is 74.7 Å². The molecule has 0 radical (unpaired) electrons. The Morgan fingerprint density at radius 3 is 2.20 bits per heavy atom. The van der Waals surface area contributed by atoms with Crippen LogP contribution in [-0.4, -0.2) is 51.4 Å². The Balaban J connectivity index is 2.00. The lowest BCUT2D eigenvalue weighted by Gasteiger charge is -2.32. The molecule has 0 spiro atoms. The van der Waals surface area contributed by atoms with Crippen molar-refractivity contribution in [2.45, 2.75) is 58.0 Å². The number of nitrogens with zero attached hydrogens (tertiary/aromatic N) is 2. The highest BCUT2D eigenvalue weighted by atomic mass is 32.2. The Hall–Kier alpha value is -3.85. The molecule has 9 heteroatoms. The molecule has 0 bridgehead atoms. The summed E-state index contributed by atoms with van der Waals surface area (Å²) in [5, 5.41) is 2.90. The molecule has 0 aromatic heterocycles. The summed E-state index contributed by atoms with van der Waals surface area (Å²) in [5.41, 5.74) is 3.16. The molecule has 8 nitrogen and oxygen atoms in total. The van der Waals surface area contributed by atoms with Gasteiger partial charge in [0.15, 0.2) is 0 Å². The molecule has 40 heavy (non-hydrogen) atoms. The van der Waals surface area contributed by atoms with E-state index in [2.05, 4.69) is 5.32 Å². The lowest BCUT2D eigenvalue weighted by molar-refractivity contribution is -0.139. The highest BCUT2D eigenvalue weighted by Gasteiger charge is 2.32. The monoisotopic (exact) mass is 565 g/mol. The van der Waals surface area contributed by atoms with Crippen LogP contribution in [0.15, 0.2) is 77.7 Å². The quantitative estimate of drug-likeness (QED) is 0.299. The fraction of sp³-hybridized carbons (Fsp3) is 0.355. The molecule has 3 aromatic rings. The van der Waals surface area contributed by atoms with Crippen LogP contribution in [0.4, 0.5) is 5.69 Å². The van der Waals surface area contributed by atoms with Crippen molar-refractivity contribution in [1.29, 1.82) is 0 Å². The van der Waals surface area contributed by atoms with E-state index in [0.29, 0.717) is 18.0 Å². The number of aryl methyl sites for hydroxylation is 2. The Kier molecular flexibility index (Phi) is 10.7. The first kappa shape index (κ1) is 30.7. The predicted octanol–water partition coefficient (Wildman–Crippen LogP) is 4.84. The van der Waals surface area contributed by atoms with Crippen molar-refractivity contribution >= 4 is 27.5 Å². The third-order valence-corrected chi connectivity index (χ3v) is 8.64.